The van der Waals surface area contributed by atoms with Crippen LogP contribution in [0.5, 0.6) is 0 Å². The number of hydrogen-bond acceptors (Lipinski definition) is 1. The van der Waals surface area contributed by atoms with E-state index in [2.05, 4.69) is 31.3 Å². The molecule has 94 valence electrons. The molecule has 1 aromatic rings. The molecule has 0 radical (unpaired) electrons. The van der Waals surface area contributed by atoms with E-state index in [1.807, 2.05) is 12.1 Å². The zero-order chi connectivity index (χ0) is 12.3. The zero-order valence-corrected chi connectivity index (χ0v) is 11.5. The first-order valence-corrected chi connectivity index (χ1v) is 7.05. The Balaban J connectivity index is 1.84. The molecule has 1 saturated carbocycles. The van der Waals surface area contributed by atoms with E-state index in [9.17, 15) is 0 Å². The van der Waals surface area contributed by atoms with Crippen LogP contribution in [0, 0.1) is 11.8 Å². The molecule has 1 aromatic carbocycles. The minimum absolute atomic E-state index is 0.645. The van der Waals surface area contributed by atoms with Gasteiger partial charge in [0.1, 0.15) is 0 Å². The van der Waals surface area contributed by atoms with Gasteiger partial charge in [-0.05, 0) is 61.8 Å². The molecule has 2 rings (SSSR count). The summed E-state index contributed by atoms with van der Waals surface area (Å²) in [5, 5.41) is 4.41. The summed E-state index contributed by atoms with van der Waals surface area (Å²) in [5.74, 6) is 1.77. The third kappa shape index (κ3) is 3.64. The van der Waals surface area contributed by atoms with Crippen molar-refractivity contribution in [3.63, 3.8) is 0 Å². The number of nitrogens with one attached hydrogen (secondary N) is 1. The fraction of sp³-hybridized carbons (Fsp3) is 0.600. The molecule has 1 N–H and O–H groups in total. The molecule has 0 atom stereocenters. The summed E-state index contributed by atoms with van der Waals surface area (Å²) >= 11 is 5.88. The van der Waals surface area contributed by atoms with Gasteiger partial charge < -0.3 is 5.32 Å². The highest BCUT2D eigenvalue weighted by molar-refractivity contribution is 6.30. The first-order valence-electron chi connectivity index (χ1n) is 6.67. The Hall–Kier alpha value is -0.690. The summed E-state index contributed by atoms with van der Waals surface area (Å²) in [6.07, 6.45) is 5.32. The smallest absolute Gasteiger partial charge is 0.0407 e. The van der Waals surface area contributed by atoms with E-state index in [0.29, 0.717) is 6.04 Å². The maximum absolute atomic E-state index is 5.88. The Morgan fingerprint density at radius 1 is 1.06 bits per heavy atom. The molecular weight excluding hydrogens is 230 g/mol. The summed E-state index contributed by atoms with van der Waals surface area (Å²) in [4.78, 5) is 0. The Kier molecular flexibility index (Phi) is 4.33. The van der Waals surface area contributed by atoms with E-state index in [4.69, 9.17) is 11.6 Å². The Labute approximate surface area is 110 Å². The molecular formula is C15H22ClN. The molecule has 0 spiro atoms. The van der Waals surface area contributed by atoms with Gasteiger partial charge in [0.2, 0.25) is 0 Å². The van der Waals surface area contributed by atoms with Crippen molar-refractivity contribution in [2.45, 2.75) is 45.6 Å². The lowest BCUT2D eigenvalue weighted by atomic mass is 9.79. The predicted molar refractivity (Wildman–Crippen MR) is 75.7 cm³/mol. The number of halogens is 1. The Morgan fingerprint density at radius 3 is 2.18 bits per heavy atom. The second-order valence-electron chi connectivity index (χ2n) is 5.51. The molecule has 0 amide bonds. The minimum Gasteiger partial charge on any atom is -0.382 e. The highest BCUT2D eigenvalue weighted by atomic mass is 35.5. The molecule has 17 heavy (non-hydrogen) atoms. The van der Waals surface area contributed by atoms with Crippen molar-refractivity contribution < 1.29 is 0 Å². The maximum atomic E-state index is 5.88. The van der Waals surface area contributed by atoms with E-state index >= 15 is 0 Å². The fourth-order valence-electron chi connectivity index (χ4n) is 2.71. The van der Waals surface area contributed by atoms with Crippen LogP contribution >= 0.6 is 11.6 Å². The van der Waals surface area contributed by atoms with Crippen molar-refractivity contribution in [1.29, 1.82) is 0 Å². The van der Waals surface area contributed by atoms with Crippen molar-refractivity contribution in [2.24, 2.45) is 11.8 Å². The lowest BCUT2D eigenvalue weighted by molar-refractivity contribution is 0.267. The number of anilines is 1. The normalized spacial score (nSPS) is 24.9. The average molecular weight is 252 g/mol. The van der Waals surface area contributed by atoms with E-state index < -0.39 is 0 Å². The number of benzene rings is 1. The first-order chi connectivity index (χ1) is 8.15. The topological polar surface area (TPSA) is 12.0 Å². The SMILES string of the molecule is CC(C)C1CCC(Nc2ccc(Cl)cc2)CC1. The van der Waals surface area contributed by atoms with Gasteiger partial charge in [-0.25, -0.2) is 0 Å². The van der Waals surface area contributed by atoms with Crippen LogP contribution in [0.2, 0.25) is 5.02 Å². The molecule has 1 aliphatic rings. The third-order valence-corrected chi connectivity index (χ3v) is 4.18. The molecule has 0 unspecified atom stereocenters. The summed E-state index contributed by atoms with van der Waals surface area (Å²) in [6.45, 7) is 4.69. The largest absolute Gasteiger partial charge is 0.382 e. The maximum Gasteiger partial charge on any atom is 0.0407 e. The van der Waals surface area contributed by atoms with Crippen LogP contribution in [0.3, 0.4) is 0 Å². The molecule has 0 aliphatic heterocycles. The van der Waals surface area contributed by atoms with Crippen LogP contribution < -0.4 is 5.32 Å². The van der Waals surface area contributed by atoms with Crippen LogP contribution in [0.1, 0.15) is 39.5 Å². The Morgan fingerprint density at radius 2 is 1.65 bits per heavy atom. The lowest BCUT2D eigenvalue weighted by Crippen LogP contribution is -2.27. The van der Waals surface area contributed by atoms with Crippen LogP contribution in [0.15, 0.2) is 24.3 Å². The van der Waals surface area contributed by atoms with Crippen molar-refractivity contribution in [1.82, 2.24) is 0 Å². The van der Waals surface area contributed by atoms with Gasteiger partial charge in [0.25, 0.3) is 0 Å². The van der Waals surface area contributed by atoms with E-state index in [-0.39, 0.29) is 0 Å². The summed E-state index contributed by atoms with van der Waals surface area (Å²) in [6, 6.07) is 8.67. The van der Waals surface area contributed by atoms with E-state index in [0.717, 1.165) is 16.9 Å². The van der Waals surface area contributed by atoms with Gasteiger partial charge in [-0.1, -0.05) is 25.4 Å². The molecule has 0 aromatic heterocycles. The van der Waals surface area contributed by atoms with Gasteiger partial charge in [0.05, 0.1) is 0 Å². The van der Waals surface area contributed by atoms with Gasteiger partial charge in [0.15, 0.2) is 0 Å². The van der Waals surface area contributed by atoms with Crippen molar-refractivity contribution in [3.8, 4) is 0 Å². The fourth-order valence-corrected chi connectivity index (χ4v) is 2.84. The van der Waals surface area contributed by atoms with Crippen molar-refractivity contribution in [3.05, 3.63) is 29.3 Å². The van der Waals surface area contributed by atoms with E-state index in [1.165, 1.54) is 31.4 Å². The van der Waals surface area contributed by atoms with Gasteiger partial charge in [-0.3, -0.25) is 0 Å². The van der Waals surface area contributed by atoms with Gasteiger partial charge >= 0.3 is 0 Å². The van der Waals surface area contributed by atoms with Crippen molar-refractivity contribution >= 4 is 17.3 Å². The van der Waals surface area contributed by atoms with Gasteiger partial charge in [0, 0.05) is 16.8 Å². The van der Waals surface area contributed by atoms with Crippen LogP contribution in [-0.2, 0) is 0 Å². The highest BCUT2D eigenvalue weighted by Crippen LogP contribution is 2.31. The predicted octanol–water partition coefficient (Wildman–Crippen LogP) is 4.97. The van der Waals surface area contributed by atoms with Gasteiger partial charge in [-0.2, -0.15) is 0 Å². The molecule has 1 aliphatic carbocycles. The van der Waals surface area contributed by atoms with Crippen LogP contribution in [0.4, 0.5) is 5.69 Å². The van der Waals surface area contributed by atoms with Crippen LogP contribution in [-0.4, -0.2) is 6.04 Å². The Bertz CT molecular complexity index is 336. The molecule has 0 saturated heterocycles. The monoisotopic (exact) mass is 251 g/mol. The summed E-state index contributed by atoms with van der Waals surface area (Å²) in [7, 11) is 0. The second-order valence-corrected chi connectivity index (χ2v) is 5.94. The van der Waals surface area contributed by atoms with Crippen LogP contribution in [0.25, 0.3) is 0 Å². The van der Waals surface area contributed by atoms with Gasteiger partial charge in [-0.15, -0.1) is 0 Å². The lowest BCUT2D eigenvalue weighted by Gasteiger charge is -2.31. The quantitative estimate of drug-likeness (QED) is 0.800. The molecule has 0 bridgehead atoms. The first kappa shape index (κ1) is 12.8. The minimum atomic E-state index is 0.645. The standard InChI is InChI=1S/C15H22ClN/c1-11(2)12-3-7-14(8-4-12)17-15-9-5-13(16)6-10-15/h5-6,9-12,14,17H,3-4,7-8H2,1-2H3. The molecule has 0 heterocycles. The molecule has 2 heteroatoms. The molecule has 1 nitrogen and oxygen atoms in total. The number of hydrogen-bond donors (Lipinski definition) is 1. The highest BCUT2D eigenvalue weighted by Gasteiger charge is 2.22. The van der Waals surface area contributed by atoms with E-state index in [1.54, 1.807) is 0 Å². The summed E-state index contributed by atoms with van der Waals surface area (Å²) < 4.78 is 0. The second kappa shape index (κ2) is 5.77. The zero-order valence-electron chi connectivity index (χ0n) is 10.7. The molecule has 1 fully saturated rings. The number of rotatable bonds is 3. The average Bonchev–Trinajstić information content (AvgIpc) is 2.33. The summed E-state index contributed by atoms with van der Waals surface area (Å²) in [5.41, 5.74) is 1.20. The third-order valence-electron chi connectivity index (χ3n) is 3.93. The van der Waals surface area contributed by atoms with Crippen molar-refractivity contribution in [2.75, 3.05) is 5.32 Å².